The van der Waals surface area contributed by atoms with Crippen LogP contribution in [0.15, 0.2) is 72.9 Å². The van der Waals surface area contributed by atoms with E-state index < -0.39 is 17.8 Å². The summed E-state index contributed by atoms with van der Waals surface area (Å²) >= 11 is 0. The molecule has 0 saturated heterocycles. The molecule has 0 aliphatic rings. The molecule has 8 heteroatoms. The first-order valence-corrected chi connectivity index (χ1v) is 11.2. The standard InChI is InChI=1S/C28H31FO7/c1-18(2)17-32-11-12-33-22-8-9-23(26(16-22)34-13-14-35-27(30)19(3)4)21-7-10-25(24(29)15-21)36-28(31)20(5)6/h7-10,15-16H,1,3,5,11-14,17H2,2,4,6H3. The normalized spacial score (nSPS) is 10.3. The highest BCUT2D eigenvalue weighted by Gasteiger charge is 2.15. The van der Waals surface area contributed by atoms with Gasteiger partial charge < -0.3 is 23.7 Å². The van der Waals surface area contributed by atoms with Crippen LogP contribution in [-0.4, -0.2) is 45.0 Å². The smallest absolute Gasteiger partial charge is 0.338 e. The van der Waals surface area contributed by atoms with E-state index in [2.05, 4.69) is 19.7 Å². The lowest BCUT2D eigenvalue weighted by atomic mass is 10.0. The van der Waals surface area contributed by atoms with Gasteiger partial charge in [0, 0.05) is 22.8 Å². The Hall–Kier alpha value is -3.91. The quantitative estimate of drug-likeness (QED) is 0.113. The first-order valence-electron chi connectivity index (χ1n) is 11.2. The Balaban J connectivity index is 2.20. The summed E-state index contributed by atoms with van der Waals surface area (Å²) in [5, 5.41) is 0. The zero-order valence-electron chi connectivity index (χ0n) is 20.9. The van der Waals surface area contributed by atoms with Crippen LogP contribution in [0.2, 0.25) is 0 Å². The van der Waals surface area contributed by atoms with Crippen LogP contribution in [0.25, 0.3) is 11.1 Å². The molecule has 0 spiro atoms. The molecule has 7 nitrogen and oxygen atoms in total. The first kappa shape index (κ1) is 28.3. The van der Waals surface area contributed by atoms with E-state index in [0.717, 1.165) is 5.57 Å². The lowest BCUT2D eigenvalue weighted by Gasteiger charge is -2.15. The van der Waals surface area contributed by atoms with Gasteiger partial charge in [0.1, 0.15) is 31.3 Å². The average Bonchev–Trinajstić information content (AvgIpc) is 2.82. The van der Waals surface area contributed by atoms with E-state index in [4.69, 9.17) is 23.7 Å². The third-order valence-electron chi connectivity index (χ3n) is 4.51. The van der Waals surface area contributed by atoms with E-state index in [-0.39, 0.29) is 30.1 Å². The van der Waals surface area contributed by atoms with E-state index in [1.165, 1.54) is 19.1 Å². The van der Waals surface area contributed by atoms with Crippen LogP contribution in [-0.2, 0) is 19.1 Å². The maximum Gasteiger partial charge on any atom is 0.338 e. The van der Waals surface area contributed by atoms with Crippen LogP contribution in [0.1, 0.15) is 20.8 Å². The summed E-state index contributed by atoms with van der Waals surface area (Å²) in [6.45, 7) is 16.9. The Morgan fingerprint density at radius 3 is 2.14 bits per heavy atom. The minimum Gasteiger partial charge on any atom is -0.491 e. The van der Waals surface area contributed by atoms with E-state index in [1.54, 1.807) is 31.2 Å². The highest BCUT2D eigenvalue weighted by molar-refractivity contribution is 5.89. The van der Waals surface area contributed by atoms with Crippen LogP contribution in [0, 0.1) is 5.82 Å². The molecule has 0 N–H and O–H groups in total. The lowest BCUT2D eigenvalue weighted by Crippen LogP contribution is -2.13. The van der Waals surface area contributed by atoms with E-state index in [9.17, 15) is 14.0 Å². The predicted molar refractivity (Wildman–Crippen MR) is 135 cm³/mol. The van der Waals surface area contributed by atoms with Crippen molar-refractivity contribution >= 4 is 11.9 Å². The molecule has 192 valence electrons. The molecule has 36 heavy (non-hydrogen) atoms. The van der Waals surface area contributed by atoms with Crippen molar-refractivity contribution in [2.75, 3.05) is 33.0 Å². The number of halogens is 1. The Morgan fingerprint density at radius 2 is 1.50 bits per heavy atom. The molecule has 0 radical (unpaired) electrons. The van der Waals surface area contributed by atoms with Gasteiger partial charge >= 0.3 is 11.9 Å². The second kappa shape index (κ2) is 13.8. The molecule has 0 saturated carbocycles. The summed E-state index contributed by atoms with van der Waals surface area (Å²) in [6.07, 6.45) is 0. The molecule has 0 aliphatic carbocycles. The summed E-state index contributed by atoms with van der Waals surface area (Å²) in [7, 11) is 0. The molecule has 0 bridgehead atoms. The molecule has 0 amide bonds. The number of rotatable bonds is 14. The van der Waals surface area contributed by atoms with Gasteiger partial charge in [-0.15, -0.1) is 0 Å². The Labute approximate surface area is 210 Å². The summed E-state index contributed by atoms with van der Waals surface area (Å²) < 4.78 is 41.8. The van der Waals surface area contributed by atoms with Gasteiger partial charge in [-0.05, 0) is 50.6 Å². The van der Waals surface area contributed by atoms with E-state index in [0.29, 0.717) is 42.4 Å². The Morgan fingerprint density at radius 1 is 0.806 bits per heavy atom. The van der Waals surface area contributed by atoms with Crippen LogP contribution in [0.3, 0.4) is 0 Å². The zero-order chi connectivity index (χ0) is 26.7. The fourth-order valence-electron chi connectivity index (χ4n) is 2.76. The van der Waals surface area contributed by atoms with E-state index >= 15 is 0 Å². The van der Waals surface area contributed by atoms with Gasteiger partial charge in [0.05, 0.1) is 13.2 Å². The molecule has 0 fully saturated rings. The fourth-order valence-corrected chi connectivity index (χ4v) is 2.76. The fraction of sp³-hybridized carbons (Fsp3) is 0.286. The molecular formula is C28H31FO7. The highest BCUT2D eigenvalue weighted by Crippen LogP contribution is 2.35. The van der Waals surface area contributed by atoms with Crippen molar-refractivity contribution in [3.63, 3.8) is 0 Å². The summed E-state index contributed by atoms with van der Waals surface area (Å²) in [5.41, 5.74) is 2.39. The largest absolute Gasteiger partial charge is 0.491 e. The molecule has 2 rings (SSSR count). The second-order valence-corrected chi connectivity index (χ2v) is 8.10. The Bertz CT molecular complexity index is 1140. The van der Waals surface area contributed by atoms with Gasteiger partial charge in [-0.3, -0.25) is 0 Å². The molecule has 0 unspecified atom stereocenters. The minimum atomic E-state index is -0.724. The molecule has 0 aliphatic heterocycles. The maximum absolute atomic E-state index is 14.7. The van der Waals surface area contributed by atoms with Crippen molar-refractivity contribution in [2.45, 2.75) is 20.8 Å². The van der Waals surface area contributed by atoms with Gasteiger partial charge in [-0.2, -0.15) is 0 Å². The maximum atomic E-state index is 14.7. The number of ether oxygens (including phenoxy) is 5. The van der Waals surface area contributed by atoms with Gasteiger partial charge in [0.25, 0.3) is 0 Å². The SMILES string of the molecule is C=C(C)COCCOc1ccc(-c2ccc(OC(=O)C(=C)C)c(F)c2)c(OCCOC(=O)C(=C)C)c1. The van der Waals surface area contributed by atoms with E-state index in [1.807, 2.05) is 6.92 Å². The van der Waals surface area contributed by atoms with Crippen molar-refractivity contribution < 1.29 is 37.7 Å². The summed E-state index contributed by atoms with van der Waals surface area (Å²) in [4.78, 5) is 23.3. The number of hydrogen-bond donors (Lipinski definition) is 0. The lowest BCUT2D eigenvalue weighted by molar-refractivity contribution is -0.139. The third-order valence-corrected chi connectivity index (χ3v) is 4.51. The van der Waals surface area contributed by atoms with Crippen molar-refractivity contribution in [1.82, 2.24) is 0 Å². The third kappa shape index (κ3) is 9.03. The Kier molecular flexibility index (Phi) is 10.9. The summed E-state index contributed by atoms with van der Waals surface area (Å²) in [6, 6.07) is 9.27. The monoisotopic (exact) mass is 498 g/mol. The van der Waals surface area contributed by atoms with Gasteiger partial charge in [-0.1, -0.05) is 31.4 Å². The molecule has 0 aromatic heterocycles. The van der Waals surface area contributed by atoms with Gasteiger partial charge in [0.2, 0.25) is 0 Å². The molecular weight excluding hydrogens is 467 g/mol. The van der Waals surface area contributed by atoms with Crippen LogP contribution in [0.4, 0.5) is 4.39 Å². The van der Waals surface area contributed by atoms with Crippen molar-refractivity contribution in [3.05, 3.63) is 78.7 Å². The molecule has 2 aromatic rings. The first-order chi connectivity index (χ1) is 17.1. The molecule has 2 aromatic carbocycles. The molecule has 0 heterocycles. The average molecular weight is 499 g/mol. The second-order valence-electron chi connectivity index (χ2n) is 8.10. The number of carbonyl (C=O) groups excluding carboxylic acids is 2. The van der Waals surface area contributed by atoms with Gasteiger partial charge in [-0.25, -0.2) is 14.0 Å². The van der Waals surface area contributed by atoms with Crippen LogP contribution < -0.4 is 14.2 Å². The number of carbonyl (C=O) groups is 2. The van der Waals surface area contributed by atoms with Crippen LogP contribution in [0.5, 0.6) is 17.2 Å². The minimum absolute atomic E-state index is 0.00484. The number of hydrogen-bond acceptors (Lipinski definition) is 7. The number of benzene rings is 2. The molecule has 0 atom stereocenters. The zero-order valence-corrected chi connectivity index (χ0v) is 20.9. The highest BCUT2D eigenvalue weighted by atomic mass is 19.1. The topological polar surface area (TPSA) is 80.3 Å². The van der Waals surface area contributed by atoms with Gasteiger partial charge in [0.15, 0.2) is 11.6 Å². The van der Waals surface area contributed by atoms with Crippen molar-refractivity contribution in [3.8, 4) is 28.4 Å². The van der Waals surface area contributed by atoms with Crippen LogP contribution >= 0.6 is 0 Å². The number of esters is 2. The predicted octanol–water partition coefficient (Wildman–Crippen LogP) is 5.44. The summed E-state index contributed by atoms with van der Waals surface area (Å²) in [5.74, 6) is -1.28. The van der Waals surface area contributed by atoms with Crippen molar-refractivity contribution in [2.24, 2.45) is 0 Å². The van der Waals surface area contributed by atoms with Crippen molar-refractivity contribution in [1.29, 1.82) is 0 Å².